The molecule has 0 aliphatic rings. The molecular weight excluding hydrogens is 193 g/mol. The molecule has 0 aliphatic carbocycles. The normalized spacial score (nSPS) is 10.2. The molecule has 1 rings (SSSR count). The zero-order chi connectivity index (χ0) is 8.43. The number of benzene rings is 1. The van der Waals surface area contributed by atoms with Crippen LogP contribution in [0, 0.1) is 11.6 Å². The molecule has 0 saturated heterocycles. The van der Waals surface area contributed by atoms with Gasteiger partial charge in [0.25, 0.3) is 0 Å². The van der Waals surface area contributed by atoms with Gasteiger partial charge < -0.3 is 0 Å². The highest BCUT2D eigenvalue weighted by Crippen LogP contribution is 2.22. The molecule has 0 amide bonds. The zero-order valence-electron chi connectivity index (χ0n) is 5.37. The number of rotatable bonds is 1. The molecule has 60 valence electrons. The molecule has 0 aromatic heterocycles. The molecule has 0 heterocycles. The Bertz CT molecular complexity index is 250. The van der Waals surface area contributed by atoms with Crippen LogP contribution in [0.2, 0.25) is 5.02 Å². The summed E-state index contributed by atoms with van der Waals surface area (Å²) < 4.78 is 25.1. The van der Waals surface area contributed by atoms with Crippen molar-refractivity contribution >= 4 is 23.2 Å². The van der Waals surface area contributed by atoms with Gasteiger partial charge in [-0.1, -0.05) is 11.6 Å². The molecule has 0 fully saturated rings. The molecule has 0 aliphatic heterocycles. The zero-order valence-corrected chi connectivity index (χ0v) is 6.89. The standard InChI is InChI=1S/C7H4Cl2F2/c8-3-5-6(9)1-4(10)2-7(5)11/h1-2H,3H2. The minimum Gasteiger partial charge on any atom is -0.207 e. The minimum absolute atomic E-state index is 0.0255. The predicted molar refractivity (Wildman–Crippen MR) is 40.9 cm³/mol. The van der Waals surface area contributed by atoms with Gasteiger partial charge in [-0.2, -0.15) is 0 Å². The largest absolute Gasteiger partial charge is 0.207 e. The summed E-state index contributed by atoms with van der Waals surface area (Å²) in [6.07, 6.45) is 0. The van der Waals surface area contributed by atoms with E-state index >= 15 is 0 Å². The fraction of sp³-hybridized carbons (Fsp3) is 0.143. The van der Waals surface area contributed by atoms with Crippen LogP contribution < -0.4 is 0 Å². The Labute approximate surface area is 72.7 Å². The van der Waals surface area contributed by atoms with Gasteiger partial charge in [0.2, 0.25) is 0 Å². The summed E-state index contributed by atoms with van der Waals surface area (Å²) in [5.74, 6) is -1.45. The third kappa shape index (κ3) is 1.82. The maximum absolute atomic E-state index is 12.7. The van der Waals surface area contributed by atoms with E-state index in [1.165, 1.54) is 0 Å². The van der Waals surface area contributed by atoms with Crippen LogP contribution in [-0.4, -0.2) is 0 Å². The van der Waals surface area contributed by atoms with Crippen molar-refractivity contribution < 1.29 is 8.78 Å². The van der Waals surface area contributed by atoms with Crippen molar-refractivity contribution in [2.24, 2.45) is 0 Å². The summed E-state index contributed by atoms with van der Waals surface area (Å²) in [6.45, 7) is 0. The van der Waals surface area contributed by atoms with Crippen LogP contribution in [0.15, 0.2) is 12.1 Å². The third-order valence-corrected chi connectivity index (χ3v) is 1.84. The lowest BCUT2D eigenvalue weighted by atomic mass is 10.2. The Morgan fingerprint density at radius 2 is 1.91 bits per heavy atom. The lowest BCUT2D eigenvalue weighted by Crippen LogP contribution is -1.89. The van der Waals surface area contributed by atoms with Crippen LogP contribution in [0.3, 0.4) is 0 Å². The molecule has 0 radical (unpaired) electrons. The second-order valence-corrected chi connectivity index (χ2v) is 2.66. The Kier molecular flexibility index (Phi) is 2.68. The lowest BCUT2D eigenvalue weighted by Gasteiger charge is -2.00. The van der Waals surface area contributed by atoms with Crippen molar-refractivity contribution in [1.29, 1.82) is 0 Å². The van der Waals surface area contributed by atoms with Gasteiger partial charge in [-0.3, -0.25) is 0 Å². The van der Waals surface area contributed by atoms with Gasteiger partial charge in [-0.25, -0.2) is 8.78 Å². The molecule has 4 heteroatoms. The number of hydrogen-bond acceptors (Lipinski definition) is 0. The van der Waals surface area contributed by atoms with Crippen LogP contribution in [0.5, 0.6) is 0 Å². The first-order valence-electron chi connectivity index (χ1n) is 2.84. The lowest BCUT2D eigenvalue weighted by molar-refractivity contribution is 0.576. The van der Waals surface area contributed by atoms with Crippen LogP contribution in [-0.2, 0) is 5.88 Å². The topological polar surface area (TPSA) is 0 Å². The first kappa shape index (κ1) is 8.75. The van der Waals surface area contributed by atoms with Gasteiger partial charge in [0, 0.05) is 11.6 Å². The summed E-state index contributed by atoms with van der Waals surface area (Å²) in [4.78, 5) is 0. The number of hydrogen-bond donors (Lipinski definition) is 0. The molecule has 11 heavy (non-hydrogen) atoms. The van der Waals surface area contributed by atoms with Crippen LogP contribution in [0.4, 0.5) is 8.78 Å². The Morgan fingerprint density at radius 1 is 1.27 bits per heavy atom. The summed E-state index contributed by atoms with van der Waals surface area (Å²) in [7, 11) is 0. The first-order chi connectivity index (χ1) is 5.15. The maximum Gasteiger partial charge on any atom is 0.132 e. The molecule has 0 saturated carbocycles. The predicted octanol–water partition coefficient (Wildman–Crippen LogP) is 3.36. The highest BCUT2D eigenvalue weighted by atomic mass is 35.5. The molecule has 0 bridgehead atoms. The Balaban J connectivity index is 3.25. The van der Waals surface area contributed by atoms with E-state index < -0.39 is 11.6 Å². The highest BCUT2D eigenvalue weighted by Gasteiger charge is 2.07. The first-order valence-corrected chi connectivity index (χ1v) is 3.75. The molecule has 0 N–H and O–H groups in total. The van der Waals surface area contributed by atoms with Crippen molar-refractivity contribution in [3.05, 3.63) is 34.4 Å². The Hall–Kier alpha value is -0.340. The van der Waals surface area contributed by atoms with E-state index in [0.29, 0.717) is 0 Å². The molecule has 1 aromatic rings. The van der Waals surface area contributed by atoms with Crippen molar-refractivity contribution in [3.8, 4) is 0 Å². The quantitative estimate of drug-likeness (QED) is 0.605. The van der Waals surface area contributed by atoms with Gasteiger partial charge in [0.05, 0.1) is 10.9 Å². The van der Waals surface area contributed by atoms with E-state index in [-0.39, 0.29) is 16.5 Å². The van der Waals surface area contributed by atoms with Gasteiger partial charge in [-0.05, 0) is 6.07 Å². The Morgan fingerprint density at radius 3 is 2.36 bits per heavy atom. The van der Waals surface area contributed by atoms with E-state index in [2.05, 4.69) is 0 Å². The highest BCUT2D eigenvalue weighted by molar-refractivity contribution is 6.32. The second kappa shape index (κ2) is 3.37. The molecule has 0 nitrogen and oxygen atoms in total. The van der Waals surface area contributed by atoms with Crippen molar-refractivity contribution in [1.82, 2.24) is 0 Å². The third-order valence-electron chi connectivity index (χ3n) is 1.24. The molecule has 0 unspecified atom stereocenters. The van der Waals surface area contributed by atoms with Crippen molar-refractivity contribution in [3.63, 3.8) is 0 Å². The summed E-state index contributed by atoms with van der Waals surface area (Å²) in [6, 6.07) is 1.78. The second-order valence-electron chi connectivity index (χ2n) is 1.98. The summed E-state index contributed by atoms with van der Waals surface area (Å²) in [5, 5.41) is 0.0255. The molecule has 0 atom stereocenters. The van der Waals surface area contributed by atoms with E-state index in [4.69, 9.17) is 23.2 Å². The van der Waals surface area contributed by atoms with Gasteiger partial charge in [0.15, 0.2) is 0 Å². The van der Waals surface area contributed by atoms with Crippen LogP contribution >= 0.6 is 23.2 Å². The van der Waals surface area contributed by atoms with Crippen LogP contribution in [0.25, 0.3) is 0 Å². The van der Waals surface area contributed by atoms with Gasteiger partial charge >= 0.3 is 0 Å². The van der Waals surface area contributed by atoms with E-state index in [9.17, 15) is 8.78 Å². The van der Waals surface area contributed by atoms with Gasteiger partial charge in [-0.15, -0.1) is 11.6 Å². The van der Waals surface area contributed by atoms with E-state index in [1.807, 2.05) is 0 Å². The van der Waals surface area contributed by atoms with E-state index in [0.717, 1.165) is 12.1 Å². The van der Waals surface area contributed by atoms with Gasteiger partial charge in [0.1, 0.15) is 11.6 Å². The number of alkyl halides is 1. The van der Waals surface area contributed by atoms with Crippen LogP contribution in [0.1, 0.15) is 5.56 Å². The molecular formula is C7H4Cl2F2. The summed E-state index contributed by atoms with van der Waals surface area (Å²) >= 11 is 10.8. The average Bonchev–Trinajstić information content (AvgIpc) is 1.85. The van der Waals surface area contributed by atoms with E-state index in [1.54, 1.807) is 0 Å². The SMILES string of the molecule is Fc1cc(F)c(CCl)c(Cl)c1. The smallest absolute Gasteiger partial charge is 0.132 e. The molecule has 1 aromatic carbocycles. The van der Waals surface area contributed by atoms with Crippen molar-refractivity contribution in [2.45, 2.75) is 5.88 Å². The minimum atomic E-state index is -0.704. The average molecular weight is 197 g/mol. The fourth-order valence-electron chi connectivity index (χ4n) is 0.700. The van der Waals surface area contributed by atoms with Crippen molar-refractivity contribution in [2.75, 3.05) is 0 Å². The monoisotopic (exact) mass is 196 g/mol. The summed E-state index contributed by atoms with van der Waals surface area (Å²) in [5.41, 5.74) is 0.134. The molecule has 0 spiro atoms. The maximum atomic E-state index is 12.7. The fourth-order valence-corrected chi connectivity index (χ4v) is 1.30. The number of halogens is 4.